The van der Waals surface area contributed by atoms with Gasteiger partial charge in [-0.15, -0.1) is 13.2 Å². The minimum atomic E-state index is 0.267. The molecule has 3 aromatic carbocycles. The highest BCUT2D eigenvalue weighted by molar-refractivity contribution is 5.91. The fraction of sp³-hybridized carbons (Fsp3) is 0.163. The normalized spacial score (nSPS) is 16.3. The molecule has 4 heterocycles. The predicted molar refractivity (Wildman–Crippen MR) is 206 cm³/mol. The highest BCUT2D eigenvalue weighted by Crippen LogP contribution is 2.32. The van der Waals surface area contributed by atoms with Crippen LogP contribution in [0.25, 0.3) is 44.6 Å². The summed E-state index contributed by atoms with van der Waals surface area (Å²) in [6.07, 6.45) is 14.4. The Morgan fingerprint density at radius 2 is 1.18 bits per heavy atom. The van der Waals surface area contributed by atoms with Crippen LogP contribution in [0.15, 0.2) is 141 Å². The molecular formula is C43H38N8. The molecule has 250 valence electrons. The second-order valence-corrected chi connectivity index (χ2v) is 13.0. The first-order valence-electron chi connectivity index (χ1n) is 17.4. The Labute approximate surface area is 297 Å². The third-order valence-corrected chi connectivity index (χ3v) is 9.56. The van der Waals surface area contributed by atoms with E-state index >= 15 is 0 Å². The fourth-order valence-electron chi connectivity index (χ4n) is 7.20. The Hall–Kier alpha value is -6.28. The third-order valence-electron chi connectivity index (χ3n) is 9.56. The van der Waals surface area contributed by atoms with E-state index in [-0.39, 0.29) is 12.1 Å². The quantitative estimate of drug-likeness (QED) is 0.155. The number of aromatic nitrogens is 6. The van der Waals surface area contributed by atoms with Crippen molar-refractivity contribution in [1.29, 1.82) is 0 Å². The van der Waals surface area contributed by atoms with Crippen LogP contribution >= 0.6 is 0 Å². The lowest BCUT2D eigenvalue weighted by Gasteiger charge is -2.17. The van der Waals surface area contributed by atoms with Crippen LogP contribution in [0.5, 0.6) is 0 Å². The second-order valence-electron chi connectivity index (χ2n) is 13.0. The van der Waals surface area contributed by atoms with Crippen molar-refractivity contribution in [3.63, 3.8) is 0 Å². The lowest BCUT2D eigenvalue weighted by Crippen LogP contribution is -2.20. The largest absolute Gasteiger partial charge is 0.366 e. The van der Waals surface area contributed by atoms with Crippen LogP contribution in [0.3, 0.4) is 0 Å². The summed E-state index contributed by atoms with van der Waals surface area (Å²) in [5, 5.41) is 9.62. The predicted octanol–water partition coefficient (Wildman–Crippen LogP) is 8.82. The molecule has 2 N–H and O–H groups in total. The van der Waals surface area contributed by atoms with E-state index < -0.39 is 0 Å². The third kappa shape index (κ3) is 6.81. The van der Waals surface area contributed by atoms with Crippen LogP contribution in [0, 0.1) is 0 Å². The Morgan fingerprint density at radius 1 is 0.588 bits per heavy atom. The van der Waals surface area contributed by atoms with Gasteiger partial charge in [0.1, 0.15) is 11.6 Å². The number of hydrogen-bond acceptors (Lipinski definition) is 8. The molecule has 0 spiro atoms. The van der Waals surface area contributed by atoms with Crippen molar-refractivity contribution in [2.24, 2.45) is 0 Å². The summed E-state index contributed by atoms with van der Waals surface area (Å²) >= 11 is 0. The van der Waals surface area contributed by atoms with Crippen molar-refractivity contribution in [1.82, 2.24) is 29.9 Å². The summed E-state index contributed by atoms with van der Waals surface area (Å²) in [5.41, 5.74) is 9.34. The van der Waals surface area contributed by atoms with E-state index in [9.17, 15) is 0 Å². The van der Waals surface area contributed by atoms with Gasteiger partial charge in [-0.2, -0.15) is 0 Å². The number of para-hydroxylation sites is 2. The van der Waals surface area contributed by atoms with Gasteiger partial charge in [-0.3, -0.25) is 9.97 Å². The van der Waals surface area contributed by atoms with Gasteiger partial charge in [0.25, 0.3) is 0 Å². The fourth-order valence-corrected chi connectivity index (χ4v) is 7.20. The van der Waals surface area contributed by atoms with Crippen molar-refractivity contribution in [3.05, 3.63) is 157 Å². The van der Waals surface area contributed by atoms with Gasteiger partial charge in [-0.25, -0.2) is 19.9 Å². The first-order valence-corrected chi connectivity index (χ1v) is 17.4. The molecular weight excluding hydrogens is 629 g/mol. The van der Waals surface area contributed by atoms with Gasteiger partial charge in [-0.05, 0) is 97.3 Å². The summed E-state index contributed by atoms with van der Waals surface area (Å²) < 4.78 is 0. The van der Waals surface area contributed by atoms with Gasteiger partial charge >= 0.3 is 0 Å². The van der Waals surface area contributed by atoms with Crippen molar-refractivity contribution in [2.45, 2.75) is 44.2 Å². The monoisotopic (exact) mass is 666 g/mol. The highest BCUT2D eigenvalue weighted by atomic mass is 15.1. The number of anilines is 2. The molecule has 0 saturated carbocycles. The van der Waals surface area contributed by atoms with E-state index in [4.69, 9.17) is 19.9 Å². The van der Waals surface area contributed by atoms with Crippen LogP contribution in [0.4, 0.5) is 11.6 Å². The minimum Gasteiger partial charge on any atom is -0.366 e. The summed E-state index contributed by atoms with van der Waals surface area (Å²) in [4.78, 5) is 28.1. The molecule has 2 unspecified atom stereocenters. The lowest BCUT2D eigenvalue weighted by atomic mass is 10.00. The van der Waals surface area contributed by atoms with E-state index in [1.54, 1.807) is 12.4 Å². The van der Waals surface area contributed by atoms with Gasteiger partial charge in [0, 0.05) is 58.8 Å². The molecule has 51 heavy (non-hydrogen) atoms. The Morgan fingerprint density at radius 3 is 1.78 bits per heavy atom. The smallest absolute Gasteiger partial charge is 0.163 e. The van der Waals surface area contributed by atoms with E-state index in [1.807, 2.05) is 73.1 Å². The molecule has 8 nitrogen and oxygen atoms in total. The Bertz CT molecular complexity index is 2360. The summed E-state index contributed by atoms with van der Waals surface area (Å²) in [5.74, 6) is 3.13. The maximum atomic E-state index is 4.97. The van der Waals surface area contributed by atoms with Gasteiger partial charge in [0.05, 0.1) is 11.0 Å². The van der Waals surface area contributed by atoms with E-state index in [2.05, 4.69) is 70.2 Å². The zero-order valence-electron chi connectivity index (χ0n) is 28.3. The van der Waals surface area contributed by atoms with Crippen LogP contribution < -0.4 is 10.6 Å². The number of hydrogen-bond donors (Lipinski definition) is 2. The van der Waals surface area contributed by atoms with Crippen molar-refractivity contribution < 1.29 is 0 Å². The van der Waals surface area contributed by atoms with Gasteiger partial charge in [0.2, 0.25) is 0 Å². The molecule has 9 rings (SSSR count). The van der Waals surface area contributed by atoms with Gasteiger partial charge in [-0.1, -0.05) is 54.1 Å². The zero-order chi connectivity index (χ0) is 34.6. The number of fused-ring (bicyclic) bond motifs is 3. The summed E-state index contributed by atoms with van der Waals surface area (Å²) in [7, 11) is 0. The highest BCUT2D eigenvalue weighted by Gasteiger charge is 2.24. The maximum Gasteiger partial charge on any atom is 0.163 e. The van der Waals surface area contributed by atoms with Crippen LogP contribution in [0.2, 0.25) is 0 Å². The standard InChI is InChI=1S/C41H34N8.C2H4/c1-3-11-36-34(9-1)40(48-38(46-36)29-7-5-17-42-24-29)44-32-16-14-27(21-32)19-26-13-15-28-22-33(23-31(28)20-26)45-41-35-10-2-4-12-37(35)47-39(49-41)30-8-6-18-43-25-30;1-2/h1-15,17-18,20,24-25,32-33H,16,19,21-23H2,(H,44,46,48)(H,45,47,49);1-2H2. The number of nitrogens with zero attached hydrogens (tertiary/aromatic N) is 6. The molecule has 0 radical (unpaired) electrons. The molecule has 4 aromatic heterocycles. The Balaban J connectivity index is 0.00000184. The number of benzene rings is 3. The van der Waals surface area contributed by atoms with Crippen LogP contribution in [-0.2, 0) is 19.3 Å². The van der Waals surface area contributed by atoms with Crippen LogP contribution in [0.1, 0.15) is 29.5 Å². The zero-order valence-corrected chi connectivity index (χ0v) is 28.3. The Kier molecular flexibility index (Phi) is 8.95. The molecule has 0 aliphatic heterocycles. The molecule has 0 bridgehead atoms. The number of pyridine rings is 2. The number of nitrogens with one attached hydrogen (secondary N) is 2. The SMILES string of the molecule is C1=C(Cc2ccc3c(c2)CC(Nc2nc(-c4cccnc4)nc4ccccc24)C3)CC(Nc2nc(-c3cccnc3)nc3ccccc23)C1.C=C. The molecule has 2 aliphatic rings. The second kappa shape index (κ2) is 14.3. The molecule has 2 atom stereocenters. The van der Waals surface area contributed by atoms with E-state index in [0.29, 0.717) is 11.6 Å². The molecule has 0 saturated heterocycles. The molecule has 0 amide bonds. The molecule has 0 fully saturated rings. The number of rotatable bonds is 8. The average Bonchev–Trinajstić information content (AvgIpc) is 3.81. The van der Waals surface area contributed by atoms with Gasteiger partial charge < -0.3 is 10.6 Å². The van der Waals surface area contributed by atoms with Crippen LogP contribution in [-0.4, -0.2) is 42.0 Å². The summed E-state index contributed by atoms with van der Waals surface area (Å²) in [6.45, 7) is 6.00. The molecule has 8 heteroatoms. The molecule has 2 aliphatic carbocycles. The minimum absolute atomic E-state index is 0.267. The van der Waals surface area contributed by atoms with Crippen molar-refractivity contribution in [2.75, 3.05) is 10.6 Å². The lowest BCUT2D eigenvalue weighted by molar-refractivity contribution is 0.760. The van der Waals surface area contributed by atoms with Crippen molar-refractivity contribution >= 4 is 33.4 Å². The topological polar surface area (TPSA) is 101 Å². The van der Waals surface area contributed by atoms with Crippen molar-refractivity contribution in [3.8, 4) is 22.8 Å². The first-order chi connectivity index (χ1) is 25.2. The first kappa shape index (κ1) is 32.0. The molecule has 7 aromatic rings. The van der Waals surface area contributed by atoms with Gasteiger partial charge in [0.15, 0.2) is 11.6 Å². The summed E-state index contributed by atoms with van der Waals surface area (Å²) in [6, 6.07) is 31.9. The van der Waals surface area contributed by atoms with E-state index in [0.717, 1.165) is 76.7 Å². The van der Waals surface area contributed by atoms with E-state index in [1.165, 1.54) is 22.3 Å². The average molecular weight is 667 g/mol. The maximum absolute atomic E-state index is 4.97.